The minimum absolute atomic E-state index is 0.238. The summed E-state index contributed by atoms with van der Waals surface area (Å²) in [4.78, 5) is 23.3. The second kappa shape index (κ2) is 8.66. The van der Waals surface area contributed by atoms with Gasteiger partial charge in [0.05, 0.1) is 24.5 Å². The van der Waals surface area contributed by atoms with Crippen LogP contribution in [0.15, 0.2) is 30.6 Å². The number of carbonyl (C=O) groups excluding carboxylic acids is 1. The van der Waals surface area contributed by atoms with Crippen molar-refractivity contribution < 1.29 is 14.3 Å². The molecule has 0 fully saturated rings. The molecule has 1 aliphatic heterocycles. The van der Waals surface area contributed by atoms with Crippen molar-refractivity contribution in [2.75, 3.05) is 17.3 Å². The summed E-state index contributed by atoms with van der Waals surface area (Å²) in [5.74, 6) is 0.771. The first-order valence-corrected chi connectivity index (χ1v) is 10.6. The molecule has 0 unspecified atom stereocenters. The quantitative estimate of drug-likeness (QED) is 0.614. The Balaban J connectivity index is 1.47. The van der Waals surface area contributed by atoms with Gasteiger partial charge in [-0.05, 0) is 56.0 Å². The van der Waals surface area contributed by atoms with E-state index in [1.54, 1.807) is 24.9 Å². The van der Waals surface area contributed by atoms with Gasteiger partial charge < -0.3 is 15.3 Å². The van der Waals surface area contributed by atoms with Gasteiger partial charge in [-0.15, -0.1) is 0 Å². The standard InChI is InChI=1S/C23H27FN6O2/c1-13-9-18(24)7-6-17(13)12-30-11-16(10-25-30)5-8-19-26-14(2)20-22(27-19)29(4)21(15(3)31)23(32)28-20/h6-7,9-11,15,21,31H,5,8,12H2,1-4H3,(H,28,32)/t15-,21-/m0/s1. The summed E-state index contributed by atoms with van der Waals surface area (Å²) >= 11 is 0. The van der Waals surface area contributed by atoms with E-state index in [-0.39, 0.29) is 11.7 Å². The van der Waals surface area contributed by atoms with Crippen molar-refractivity contribution in [2.24, 2.45) is 0 Å². The number of nitrogens with zero attached hydrogens (tertiary/aromatic N) is 5. The van der Waals surface area contributed by atoms with E-state index in [1.165, 1.54) is 12.1 Å². The van der Waals surface area contributed by atoms with E-state index in [0.29, 0.717) is 42.4 Å². The summed E-state index contributed by atoms with van der Waals surface area (Å²) in [7, 11) is 1.76. The molecule has 2 atom stereocenters. The van der Waals surface area contributed by atoms with Crippen LogP contribution in [0.5, 0.6) is 0 Å². The van der Waals surface area contributed by atoms with Gasteiger partial charge in [0.2, 0.25) is 5.91 Å². The van der Waals surface area contributed by atoms with Gasteiger partial charge in [-0.25, -0.2) is 14.4 Å². The largest absolute Gasteiger partial charge is 0.391 e. The molecule has 1 amide bonds. The highest BCUT2D eigenvalue weighted by atomic mass is 19.1. The van der Waals surface area contributed by atoms with Crippen LogP contribution >= 0.6 is 0 Å². The highest BCUT2D eigenvalue weighted by molar-refractivity contribution is 6.03. The van der Waals surface area contributed by atoms with Gasteiger partial charge in [-0.1, -0.05) is 6.07 Å². The Morgan fingerprint density at radius 3 is 2.75 bits per heavy atom. The Morgan fingerprint density at radius 2 is 2.03 bits per heavy atom. The maximum atomic E-state index is 13.3. The summed E-state index contributed by atoms with van der Waals surface area (Å²) in [5, 5.41) is 17.2. The van der Waals surface area contributed by atoms with E-state index in [4.69, 9.17) is 0 Å². The average Bonchev–Trinajstić information content (AvgIpc) is 3.17. The number of nitrogens with one attached hydrogen (secondary N) is 1. The maximum Gasteiger partial charge on any atom is 0.249 e. The van der Waals surface area contributed by atoms with E-state index >= 15 is 0 Å². The van der Waals surface area contributed by atoms with E-state index in [0.717, 1.165) is 16.7 Å². The molecule has 0 spiro atoms. The molecule has 0 radical (unpaired) electrons. The number of rotatable bonds is 6. The zero-order valence-corrected chi connectivity index (χ0v) is 18.6. The number of likely N-dealkylation sites (N-methyl/N-ethyl adjacent to an activating group) is 1. The van der Waals surface area contributed by atoms with Gasteiger partial charge in [-0.3, -0.25) is 9.48 Å². The fourth-order valence-electron chi connectivity index (χ4n) is 4.06. The van der Waals surface area contributed by atoms with Gasteiger partial charge in [0.15, 0.2) is 5.82 Å². The zero-order valence-electron chi connectivity index (χ0n) is 18.6. The van der Waals surface area contributed by atoms with Gasteiger partial charge in [0, 0.05) is 19.7 Å². The van der Waals surface area contributed by atoms with E-state index in [9.17, 15) is 14.3 Å². The highest BCUT2D eigenvalue weighted by Gasteiger charge is 2.36. The molecule has 2 aromatic heterocycles. The zero-order chi connectivity index (χ0) is 23.0. The number of hydrogen-bond acceptors (Lipinski definition) is 6. The van der Waals surface area contributed by atoms with Gasteiger partial charge in [-0.2, -0.15) is 5.10 Å². The number of hydrogen-bond donors (Lipinski definition) is 2. The normalized spacial score (nSPS) is 16.6. The van der Waals surface area contributed by atoms with Crippen molar-refractivity contribution >= 4 is 17.4 Å². The van der Waals surface area contributed by atoms with Gasteiger partial charge >= 0.3 is 0 Å². The number of anilines is 2. The van der Waals surface area contributed by atoms with Crippen molar-refractivity contribution in [3.63, 3.8) is 0 Å². The maximum absolute atomic E-state index is 13.3. The Kier molecular flexibility index (Phi) is 5.92. The molecular weight excluding hydrogens is 411 g/mol. The molecule has 8 nitrogen and oxygen atoms in total. The molecule has 0 bridgehead atoms. The average molecular weight is 439 g/mol. The van der Waals surface area contributed by atoms with E-state index in [2.05, 4.69) is 20.4 Å². The van der Waals surface area contributed by atoms with Crippen molar-refractivity contribution in [1.29, 1.82) is 0 Å². The molecule has 0 aliphatic carbocycles. The van der Waals surface area contributed by atoms with Crippen LogP contribution < -0.4 is 10.2 Å². The van der Waals surface area contributed by atoms with E-state index in [1.807, 2.05) is 30.9 Å². The monoisotopic (exact) mass is 438 g/mol. The molecule has 3 aromatic rings. The predicted octanol–water partition coefficient (Wildman–Crippen LogP) is 2.40. The highest BCUT2D eigenvalue weighted by Crippen LogP contribution is 2.32. The third-order valence-electron chi connectivity index (χ3n) is 5.80. The van der Waals surface area contributed by atoms with Crippen LogP contribution in [-0.2, 0) is 24.2 Å². The minimum atomic E-state index is -0.831. The lowest BCUT2D eigenvalue weighted by molar-refractivity contribution is -0.119. The lowest BCUT2D eigenvalue weighted by Gasteiger charge is -2.36. The second-order valence-electron chi connectivity index (χ2n) is 8.33. The van der Waals surface area contributed by atoms with Crippen LogP contribution in [0, 0.1) is 19.7 Å². The number of aryl methyl sites for hydroxylation is 4. The number of fused-ring (bicyclic) bond motifs is 1. The molecule has 9 heteroatoms. The van der Waals surface area contributed by atoms with Crippen molar-refractivity contribution in [3.05, 3.63) is 64.6 Å². The summed E-state index contributed by atoms with van der Waals surface area (Å²) < 4.78 is 15.2. The van der Waals surface area contributed by atoms with Crippen molar-refractivity contribution in [3.8, 4) is 0 Å². The summed E-state index contributed by atoms with van der Waals surface area (Å²) in [6, 6.07) is 4.07. The third-order valence-corrected chi connectivity index (χ3v) is 5.80. The molecular formula is C23H27FN6O2. The Bertz CT molecular complexity index is 1160. The minimum Gasteiger partial charge on any atom is -0.391 e. The number of amides is 1. The van der Waals surface area contributed by atoms with E-state index < -0.39 is 12.1 Å². The number of halogens is 1. The predicted molar refractivity (Wildman–Crippen MR) is 119 cm³/mol. The SMILES string of the molecule is Cc1cc(F)ccc1Cn1cc(CCc2nc(C)c3c(n2)N(C)[C@@H]([C@H](C)O)C(=O)N3)cn1. The van der Waals surface area contributed by atoms with Crippen LogP contribution in [0.25, 0.3) is 0 Å². The molecule has 0 saturated carbocycles. The number of aliphatic hydroxyl groups is 1. The smallest absolute Gasteiger partial charge is 0.249 e. The summed E-state index contributed by atoms with van der Waals surface area (Å²) in [5.41, 5.74) is 4.24. The number of aromatic nitrogens is 4. The van der Waals surface area contributed by atoms with Crippen LogP contribution in [0.1, 0.15) is 35.1 Å². The topological polar surface area (TPSA) is 96.2 Å². The lowest BCUT2D eigenvalue weighted by Crippen LogP contribution is -2.52. The Morgan fingerprint density at radius 1 is 1.25 bits per heavy atom. The van der Waals surface area contributed by atoms with Crippen LogP contribution in [0.4, 0.5) is 15.9 Å². The van der Waals surface area contributed by atoms with Gasteiger partial charge in [0.25, 0.3) is 0 Å². The first-order valence-electron chi connectivity index (χ1n) is 10.6. The molecule has 168 valence electrons. The fraction of sp³-hybridized carbons (Fsp3) is 0.391. The number of carbonyl (C=O) groups is 1. The third kappa shape index (κ3) is 4.34. The number of benzene rings is 1. The molecule has 3 heterocycles. The summed E-state index contributed by atoms with van der Waals surface area (Å²) in [6.45, 7) is 5.89. The molecule has 0 saturated heterocycles. The lowest BCUT2D eigenvalue weighted by atomic mass is 10.1. The first-order chi connectivity index (χ1) is 15.2. The first kappa shape index (κ1) is 21.9. The van der Waals surface area contributed by atoms with Crippen LogP contribution in [0.2, 0.25) is 0 Å². The fourth-order valence-corrected chi connectivity index (χ4v) is 4.06. The van der Waals surface area contributed by atoms with Gasteiger partial charge in [0.1, 0.15) is 23.4 Å². The van der Waals surface area contributed by atoms with Crippen molar-refractivity contribution in [2.45, 2.75) is 52.3 Å². The summed E-state index contributed by atoms with van der Waals surface area (Å²) in [6.07, 6.45) is 4.28. The van der Waals surface area contributed by atoms with Crippen LogP contribution in [0.3, 0.4) is 0 Å². The molecule has 1 aliphatic rings. The Labute approximate surface area is 186 Å². The number of aliphatic hydroxyl groups excluding tert-OH is 1. The molecule has 2 N–H and O–H groups in total. The molecule has 4 rings (SSSR count). The van der Waals surface area contributed by atoms with Crippen molar-refractivity contribution in [1.82, 2.24) is 19.7 Å². The van der Waals surface area contributed by atoms with Crippen LogP contribution in [-0.4, -0.2) is 50.0 Å². The second-order valence-corrected chi connectivity index (χ2v) is 8.33. The molecule has 1 aromatic carbocycles. The molecule has 32 heavy (non-hydrogen) atoms. The Hall–Kier alpha value is -3.33.